The minimum Gasteiger partial charge on any atom is -0.278 e. The van der Waals surface area contributed by atoms with E-state index in [1.54, 1.807) is 0 Å². The van der Waals surface area contributed by atoms with Crippen molar-refractivity contribution in [2.24, 2.45) is 0 Å². The summed E-state index contributed by atoms with van der Waals surface area (Å²) in [5.74, 6) is 0. The van der Waals surface area contributed by atoms with Gasteiger partial charge in [0.15, 0.2) is 0 Å². The number of hydrogen-bond acceptors (Lipinski definition) is 5. The molecule has 2 rings (SSSR count). The summed E-state index contributed by atoms with van der Waals surface area (Å²) in [7, 11) is 0. The van der Waals surface area contributed by atoms with Crippen LogP contribution in [0.4, 0.5) is 5.69 Å². The van der Waals surface area contributed by atoms with E-state index < -0.39 is 11.3 Å². The third-order valence-corrected chi connectivity index (χ3v) is 2.52. The van der Waals surface area contributed by atoms with E-state index in [9.17, 15) is 9.59 Å². The van der Waals surface area contributed by atoms with Gasteiger partial charge in [0.05, 0.1) is 20.8 Å². The molecule has 0 fully saturated rings. The number of aromatic nitrogens is 1. The highest BCUT2D eigenvalue weighted by Crippen LogP contribution is 2.33. The van der Waals surface area contributed by atoms with Gasteiger partial charge >= 0.3 is 11.3 Å². The van der Waals surface area contributed by atoms with Crippen molar-refractivity contribution < 1.29 is 9.05 Å². The number of benzene rings is 1. The zero-order valence-corrected chi connectivity index (χ0v) is 10.1. The average Bonchev–Trinajstić information content (AvgIpc) is 2.52. The van der Waals surface area contributed by atoms with Crippen LogP contribution in [0, 0.1) is 0 Å². The van der Waals surface area contributed by atoms with Gasteiger partial charge in [0, 0.05) is 5.02 Å². The summed E-state index contributed by atoms with van der Waals surface area (Å²) in [5, 5.41) is 1.12. The molecule has 0 bridgehead atoms. The van der Waals surface area contributed by atoms with Gasteiger partial charge in [-0.3, -0.25) is 9.05 Å². The molecule has 1 aromatic carbocycles. The molecule has 0 radical (unpaired) electrons. The van der Waals surface area contributed by atoms with E-state index in [2.05, 4.69) is 14.5 Å². The Morgan fingerprint density at radius 3 is 1.94 bits per heavy atom. The average molecular weight is 297 g/mol. The van der Waals surface area contributed by atoms with E-state index in [0.29, 0.717) is 10.0 Å². The van der Waals surface area contributed by atoms with Crippen LogP contribution in [0.25, 0.3) is 0 Å². The first-order valence-corrected chi connectivity index (χ1v) is 5.26. The van der Waals surface area contributed by atoms with Crippen molar-refractivity contribution in [3.8, 4) is 0 Å². The van der Waals surface area contributed by atoms with Gasteiger partial charge in [0.1, 0.15) is 0 Å². The zero-order valence-electron chi connectivity index (χ0n) is 7.87. The molecule has 17 heavy (non-hydrogen) atoms. The minimum atomic E-state index is -1.15. The Bertz CT molecular complexity index is 621. The number of hydrogen-bond donors (Lipinski definition) is 1. The van der Waals surface area contributed by atoms with Gasteiger partial charge in [-0.1, -0.05) is 34.8 Å². The number of rotatable bonds is 2. The Labute approximate surface area is 108 Å². The zero-order chi connectivity index (χ0) is 12.6. The number of nitrogens with zero attached hydrogens (tertiary/aromatic N) is 1. The Kier molecular flexibility index (Phi) is 3.19. The molecule has 1 aromatic heterocycles. The summed E-state index contributed by atoms with van der Waals surface area (Å²) in [6.07, 6.45) is 0. The summed E-state index contributed by atoms with van der Waals surface area (Å²) < 4.78 is 8.76. The summed E-state index contributed by atoms with van der Waals surface area (Å²) in [5.41, 5.74) is 0.263. The maximum atomic E-state index is 10.7. The largest absolute Gasteiger partial charge is 0.448 e. The molecule has 0 atom stereocenters. The monoisotopic (exact) mass is 296 g/mol. The highest BCUT2D eigenvalue weighted by atomic mass is 35.5. The lowest BCUT2D eigenvalue weighted by molar-refractivity contribution is 0.116. The number of halogens is 3. The van der Waals surface area contributed by atoms with Crippen molar-refractivity contribution >= 4 is 40.5 Å². The van der Waals surface area contributed by atoms with Crippen molar-refractivity contribution in [1.82, 2.24) is 5.02 Å². The maximum absolute atomic E-state index is 10.7. The Balaban J connectivity index is 2.43. The van der Waals surface area contributed by atoms with Gasteiger partial charge in [0.2, 0.25) is 0 Å². The molecule has 9 heteroatoms. The molecule has 0 spiro atoms. The molecule has 1 N–H and O–H groups in total. The summed E-state index contributed by atoms with van der Waals surface area (Å²) in [6.45, 7) is 0. The fourth-order valence-corrected chi connectivity index (χ4v) is 1.93. The lowest BCUT2D eigenvalue weighted by atomic mass is 10.3. The lowest BCUT2D eigenvalue weighted by Gasteiger charge is -2.07. The van der Waals surface area contributed by atoms with Crippen LogP contribution in [-0.4, -0.2) is 5.02 Å². The van der Waals surface area contributed by atoms with Gasteiger partial charge in [0.25, 0.3) is 0 Å². The second-order valence-electron chi connectivity index (χ2n) is 2.87. The van der Waals surface area contributed by atoms with Crippen LogP contribution in [0.3, 0.4) is 0 Å². The predicted octanol–water partition coefficient (Wildman–Crippen LogP) is 2.23. The first kappa shape index (κ1) is 12.1. The van der Waals surface area contributed by atoms with Crippen LogP contribution in [0.5, 0.6) is 0 Å². The highest BCUT2D eigenvalue weighted by Gasteiger charge is 2.11. The standard InChI is InChI=1S/C8H3Cl3N2O4/c9-3-1-4(10)6(5(11)2-3)12-13-16-7(14)8(15)17-13/h1-2,12H. The lowest BCUT2D eigenvalue weighted by Crippen LogP contribution is -2.14. The van der Waals surface area contributed by atoms with E-state index in [4.69, 9.17) is 34.8 Å². The second kappa shape index (κ2) is 4.48. The molecule has 6 nitrogen and oxygen atoms in total. The third kappa shape index (κ3) is 2.49. The molecule has 0 aliphatic carbocycles. The first-order chi connectivity index (χ1) is 7.97. The fraction of sp³-hybridized carbons (Fsp3) is 0. The molecule has 0 aliphatic heterocycles. The van der Waals surface area contributed by atoms with Crippen molar-refractivity contribution in [2.75, 3.05) is 5.43 Å². The van der Waals surface area contributed by atoms with Crippen LogP contribution in [0.2, 0.25) is 15.1 Å². The third-order valence-electron chi connectivity index (χ3n) is 1.71. The Morgan fingerprint density at radius 1 is 1.00 bits per heavy atom. The van der Waals surface area contributed by atoms with E-state index in [-0.39, 0.29) is 15.7 Å². The normalized spacial score (nSPS) is 10.5. The van der Waals surface area contributed by atoms with Crippen LogP contribution in [0.1, 0.15) is 0 Å². The quantitative estimate of drug-likeness (QED) is 0.860. The van der Waals surface area contributed by atoms with Crippen LogP contribution < -0.4 is 16.7 Å². The topological polar surface area (TPSA) is 77.4 Å². The molecular formula is C8H3Cl3N2O4. The van der Waals surface area contributed by atoms with E-state index >= 15 is 0 Å². The Morgan fingerprint density at radius 2 is 1.47 bits per heavy atom. The molecule has 0 saturated heterocycles. The number of nitrogens with one attached hydrogen (secondary N) is 1. The summed E-state index contributed by atoms with van der Waals surface area (Å²) in [6, 6.07) is 2.83. The van der Waals surface area contributed by atoms with Crippen molar-refractivity contribution in [3.05, 3.63) is 48.0 Å². The van der Waals surface area contributed by atoms with Crippen LogP contribution in [0.15, 0.2) is 30.8 Å². The number of anilines is 1. The summed E-state index contributed by atoms with van der Waals surface area (Å²) >= 11 is 17.4. The fourth-order valence-electron chi connectivity index (χ4n) is 1.03. The van der Waals surface area contributed by atoms with Gasteiger partial charge < -0.3 is 0 Å². The molecule has 0 unspecified atom stereocenters. The van der Waals surface area contributed by atoms with Crippen LogP contribution in [-0.2, 0) is 0 Å². The highest BCUT2D eigenvalue weighted by molar-refractivity contribution is 6.41. The van der Waals surface area contributed by atoms with E-state index in [0.717, 1.165) is 0 Å². The second-order valence-corrected chi connectivity index (χ2v) is 4.12. The first-order valence-electron chi connectivity index (χ1n) is 4.13. The molecule has 0 aliphatic rings. The predicted molar refractivity (Wildman–Crippen MR) is 62.0 cm³/mol. The smallest absolute Gasteiger partial charge is 0.278 e. The maximum Gasteiger partial charge on any atom is 0.448 e. The molecule has 2 aromatic rings. The van der Waals surface area contributed by atoms with Crippen molar-refractivity contribution in [3.63, 3.8) is 0 Å². The Hall–Kier alpha value is -1.37. The molecular weight excluding hydrogens is 294 g/mol. The molecule has 0 saturated carbocycles. The minimum absolute atomic E-state index is 0.168. The van der Waals surface area contributed by atoms with Gasteiger partial charge in [-0.25, -0.2) is 15.0 Å². The van der Waals surface area contributed by atoms with Crippen LogP contribution >= 0.6 is 34.8 Å². The van der Waals surface area contributed by atoms with Gasteiger partial charge in [-0.15, -0.1) is 0 Å². The molecule has 90 valence electrons. The van der Waals surface area contributed by atoms with E-state index in [1.807, 2.05) is 0 Å². The van der Waals surface area contributed by atoms with Gasteiger partial charge in [-0.05, 0) is 12.1 Å². The van der Waals surface area contributed by atoms with Gasteiger partial charge in [-0.2, -0.15) is 0 Å². The van der Waals surface area contributed by atoms with Crippen molar-refractivity contribution in [1.29, 1.82) is 0 Å². The summed E-state index contributed by atoms with van der Waals surface area (Å²) in [4.78, 5) is 21.5. The molecule has 0 amide bonds. The molecule has 1 heterocycles. The van der Waals surface area contributed by atoms with E-state index in [1.165, 1.54) is 12.1 Å². The van der Waals surface area contributed by atoms with Crippen molar-refractivity contribution in [2.45, 2.75) is 0 Å². The SMILES string of the molecule is O=c1on(Nc2c(Cl)cc(Cl)cc2Cl)oc1=O.